The lowest BCUT2D eigenvalue weighted by atomic mass is 9.73. The average molecular weight is 139 g/mol. The quantitative estimate of drug-likeness (QED) is 0.545. The van der Waals surface area contributed by atoms with Crippen molar-refractivity contribution < 1.29 is 4.79 Å². The van der Waals surface area contributed by atoms with Crippen LogP contribution in [0.2, 0.25) is 0 Å². The Morgan fingerprint density at radius 1 is 1.30 bits per heavy atom. The van der Waals surface area contributed by atoms with Gasteiger partial charge in [0.2, 0.25) is 0 Å². The first-order chi connectivity index (χ1) is 4.65. The van der Waals surface area contributed by atoms with Gasteiger partial charge in [-0.15, -0.1) is 0 Å². The smallest absolute Gasteiger partial charge is 0.139 e. The summed E-state index contributed by atoms with van der Waals surface area (Å²) in [6.07, 6.45) is 5.81. The molecule has 0 aromatic carbocycles. The van der Waals surface area contributed by atoms with Gasteiger partial charge in [-0.3, -0.25) is 4.79 Å². The number of hydrogen-bond acceptors (Lipinski definition) is 1. The fourth-order valence-electron chi connectivity index (χ4n) is 1.61. The van der Waals surface area contributed by atoms with Crippen LogP contribution in [-0.2, 0) is 4.79 Å². The molecule has 57 valence electrons. The van der Waals surface area contributed by atoms with Gasteiger partial charge < -0.3 is 0 Å². The summed E-state index contributed by atoms with van der Waals surface area (Å²) in [6.45, 7) is 5.54. The van der Waals surface area contributed by atoms with E-state index in [1.54, 1.807) is 0 Å². The fourth-order valence-corrected chi connectivity index (χ4v) is 1.61. The SMILES string of the molecule is [CH2]C(=O)C1(C)CCCCC1. The molecule has 0 heterocycles. The molecule has 1 saturated carbocycles. The molecule has 0 aliphatic heterocycles. The maximum absolute atomic E-state index is 11.0. The molecule has 0 atom stereocenters. The van der Waals surface area contributed by atoms with Crippen molar-refractivity contribution in [1.29, 1.82) is 0 Å². The summed E-state index contributed by atoms with van der Waals surface area (Å²) < 4.78 is 0. The Morgan fingerprint density at radius 3 is 2.10 bits per heavy atom. The number of ketones is 1. The van der Waals surface area contributed by atoms with E-state index in [2.05, 4.69) is 6.92 Å². The molecule has 10 heavy (non-hydrogen) atoms. The van der Waals surface area contributed by atoms with Crippen molar-refractivity contribution >= 4 is 5.78 Å². The van der Waals surface area contributed by atoms with Crippen LogP contribution >= 0.6 is 0 Å². The predicted molar refractivity (Wildman–Crippen MR) is 41.6 cm³/mol. The molecular formula is C9H15O. The Bertz CT molecular complexity index is 132. The summed E-state index contributed by atoms with van der Waals surface area (Å²) in [5.74, 6) is 0.132. The van der Waals surface area contributed by atoms with Gasteiger partial charge in [0, 0.05) is 12.3 Å². The zero-order valence-electron chi connectivity index (χ0n) is 6.65. The van der Waals surface area contributed by atoms with Gasteiger partial charge in [0.1, 0.15) is 5.78 Å². The lowest BCUT2D eigenvalue weighted by Crippen LogP contribution is -2.27. The van der Waals surface area contributed by atoms with Crippen molar-refractivity contribution in [1.82, 2.24) is 0 Å². The monoisotopic (exact) mass is 139 g/mol. The van der Waals surface area contributed by atoms with E-state index in [1.807, 2.05) is 6.92 Å². The molecular weight excluding hydrogens is 124 g/mol. The second-order valence-corrected chi connectivity index (χ2v) is 3.54. The minimum atomic E-state index is -0.0712. The van der Waals surface area contributed by atoms with E-state index in [1.165, 1.54) is 19.3 Å². The van der Waals surface area contributed by atoms with Crippen molar-refractivity contribution in [3.63, 3.8) is 0 Å². The minimum Gasteiger partial charge on any atom is -0.299 e. The molecule has 1 nitrogen and oxygen atoms in total. The topological polar surface area (TPSA) is 17.1 Å². The van der Waals surface area contributed by atoms with Crippen LogP contribution in [0.4, 0.5) is 0 Å². The second kappa shape index (κ2) is 2.73. The third kappa shape index (κ3) is 1.39. The van der Waals surface area contributed by atoms with Crippen molar-refractivity contribution in [3.05, 3.63) is 6.92 Å². The molecule has 0 unspecified atom stereocenters. The van der Waals surface area contributed by atoms with Crippen molar-refractivity contribution in [3.8, 4) is 0 Å². The van der Waals surface area contributed by atoms with E-state index < -0.39 is 0 Å². The maximum Gasteiger partial charge on any atom is 0.139 e. The lowest BCUT2D eigenvalue weighted by Gasteiger charge is -2.30. The van der Waals surface area contributed by atoms with Gasteiger partial charge in [0.05, 0.1) is 0 Å². The van der Waals surface area contributed by atoms with E-state index >= 15 is 0 Å². The number of Topliss-reactive ketones (excluding diaryl/α,β-unsaturated/α-hetero) is 1. The van der Waals surface area contributed by atoms with Crippen LogP contribution in [0.3, 0.4) is 0 Å². The first-order valence-electron chi connectivity index (χ1n) is 4.01. The van der Waals surface area contributed by atoms with E-state index in [0.717, 1.165) is 12.8 Å². The van der Waals surface area contributed by atoms with E-state index in [-0.39, 0.29) is 11.2 Å². The number of carbonyl (C=O) groups is 1. The van der Waals surface area contributed by atoms with Gasteiger partial charge in [-0.1, -0.05) is 26.2 Å². The summed E-state index contributed by atoms with van der Waals surface area (Å²) in [6, 6.07) is 0. The summed E-state index contributed by atoms with van der Waals surface area (Å²) in [7, 11) is 0. The van der Waals surface area contributed by atoms with Gasteiger partial charge in [0.25, 0.3) is 0 Å². The molecule has 0 bridgehead atoms. The summed E-state index contributed by atoms with van der Waals surface area (Å²) in [5, 5.41) is 0. The highest BCUT2D eigenvalue weighted by Crippen LogP contribution is 2.35. The molecule has 0 saturated heterocycles. The van der Waals surface area contributed by atoms with Gasteiger partial charge >= 0.3 is 0 Å². The Balaban J connectivity index is 2.56. The van der Waals surface area contributed by atoms with Gasteiger partial charge in [-0.25, -0.2) is 0 Å². The Hall–Kier alpha value is -0.330. The normalized spacial score (nSPS) is 24.2. The average Bonchev–Trinajstić information content (AvgIpc) is 1.89. The minimum absolute atomic E-state index is 0.0712. The summed E-state index contributed by atoms with van der Waals surface area (Å²) in [4.78, 5) is 11.0. The molecule has 1 aliphatic carbocycles. The molecule has 1 heteroatoms. The zero-order valence-corrected chi connectivity index (χ0v) is 6.65. The summed E-state index contributed by atoms with van der Waals surface area (Å²) >= 11 is 0. The Morgan fingerprint density at radius 2 is 1.80 bits per heavy atom. The third-order valence-corrected chi connectivity index (χ3v) is 2.63. The molecule has 0 amide bonds. The van der Waals surface area contributed by atoms with Crippen molar-refractivity contribution in [2.24, 2.45) is 5.41 Å². The van der Waals surface area contributed by atoms with Crippen LogP contribution < -0.4 is 0 Å². The molecule has 0 aromatic heterocycles. The van der Waals surface area contributed by atoms with Gasteiger partial charge in [-0.05, 0) is 12.8 Å². The first kappa shape index (κ1) is 7.77. The molecule has 1 rings (SSSR count). The van der Waals surface area contributed by atoms with Crippen LogP contribution in [0.1, 0.15) is 39.0 Å². The molecule has 0 spiro atoms. The highest BCUT2D eigenvalue weighted by Gasteiger charge is 2.30. The molecule has 1 fully saturated rings. The first-order valence-corrected chi connectivity index (χ1v) is 4.01. The lowest BCUT2D eigenvalue weighted by molar-refractivity contribution is -0.124. The largest absolute Gasteiger partial charge is 0.299 e. The summed E-state index contributed by atoms with van der Waals surface area (Å²) in [5.41, 5.74) is -0.0712. The highest BCUT2D eigenvalue weighted by atomic mass is 16.1. The van der Waals surface area contributed by atoms with E-state index in [0.29, 0.717) is 0 Å². The van der Waals surface area contributed by atoms with Crippen LogP contribution in [0.5, 0.6) is 0 Å². The fraction of sp³-hybridized carbons (Fsp3) is 0.778. The van der Waals surface area contributed by atoms with Crippen LogP contribution in [0.25, 0.3) is 0 Å². The Labute approximate surface area is 62.8 Å². The van der Waals surface area contributed by atoms with E-state index in [4.69, 9.17) is 0 Å². The number of hydrogen-bond donors (Lipinski definition) is 0. The van der Waals surface area contributed by atoms with E-state index in [9.17, 15) is 4.79 Å². The van der Waals surface area contributed by atoms with Crippen molar-refractivity contribution in [2.75, 3.05) is 0 Å². The molecule has 0 N–H and O–H groups in total. The molecule has 1 radical (unpaired) electrons. The Kier molecular flexibility index (Phi) is 2.12. The third-order valence-electron chi connectivity index (χ3n) is 2.63. The number of carbonyl (C=O) groups excluding carboxylic acids is 1. The standard InChI is InChI=1S/C9H15O/c1-8(10)9(2)6-4-3-5-7-9/h1,3-7H2,2H3. The van der Waals surface area contributed by atoms with Crippen molar-refractivity contribution in [2.45, 2.75) is 39.0 Å². The maximum atomic E-state index is 11.0. The van der Waals surface area contributed by atoms with Crippen LogP contribution in [0, 0.1) is 12.3 Å². The second-order valence-electron chi connectivity index (χ2n) is 3.54. The highest BCUT2D eigenvalue weighted by molar-refractivity contribution is 5.88. The molecule has 0 aromatic rings. The van der Waals surface area contributed by atoms with Gasteiger partial charge in [0.15, 0.2) is 0 Å². The van der Waals surface area contributed by atoms with Crippen LogP contribution in [0.15, 0.2) is 0 Å². The predicted octanol–water partition coefficient (Wildman–Crippen LogP) is 2.36. The number of rotatable bonds is 1. The zero-order chi connectivity index (χ0) is 7.61. The van der Waals surface area contributed by atoms with Crippen LogP contribution in [-0.4, -0.2) is 5.78 Å². The van der Waals surface area contributed by atoms with Gasteiger partial charge in [-0.2, -0.15) is 0 Å². The molecule has 1 aliphatic rings.